The van der Waals surface area contributed by atoms with E-state index >= 15 is 0 Å². The maximum Gasteiger partial charge on any atom is 0.321 e. The molecular weight excluding hydrogens is 364 g/mol. The zero-order chi connectivity index (χ0) is 20.2. The lowest BCUT2D eigenvalue weighted by atomic mass is 10.1. The molecule has 29 heavy (non-hydrogen) atoms. The van der Waals surface area contributed by atoms with Crippen LogP contribution in [0.4, 0.5) is 22.2 Å². The number of carbonyl (C=O) groups excluding carboxylic acids is 1. The fourth-order valence-electron chi connectivity index (χ4n) is 3.92. The van der Waals surface area contributed by atoms with Crippen molar-refractivity contribution in [1.82, 2.24) is 14.9 Å². The summed E-state index contributed by atoms with van der Waals surface area (Å²) in [5.41, 5.74) is 3.10. The van der Waals surface area contributed by atoms with Crippen molar-refractivity contribution in [2.45, 2.75) is 33.1 Å². The molecule has 154 valence electrons. The van der Waals surface area contributed by atoms with Crippen LogP contribution in [0, 0.1) is 6.92 Å². The number of hydrogen-bond donors (Lipinski definition) is 1. The van der Waals surface area contributed by atoms with Crippen LogP contribution in [0.2, 0.25) is 0 Å². The molecule has 2 aliphatic rings. The number of piperazine rings is 1. The summed E-state index contributed by atoms with van der Waals surface area (Å²) in [6.07, 6.45) is 3.46. The standard InChI is InChI=1S/C22H30N6O/c1-3-18-6-8-19(9-7-18)24-22(29)28-14-12-27(13-15-28)21-23-17(2)16-20(25-21)26-10-4-5-11-26/h6-9,16H,3-5,10-15H2,1-2H3,(H,24,29). The van der Waals surface area contributed by atoms with Gasteiger partial charge in [0.05, 0.1) is 0 Å². The van der Waals surface area contributed by atoms with Gasteiger partial charge in [-0.05, 0) is 43.9 Å². The van der Waals surface area contributed by atoms with Crippen LogP contribution in [0.3, 0.4) is 0 Å². The van der Waals surface area contributed by atoms with Gasteiger partial charge in [-0.1, -0.05) is 19.1 Å². The Bertz CT molecular complexity index is 839. The van der Waals surface area contributed by atoms with Gasteiger partial charge < -0.3 is 20.0 Å². The van der Waals surface area contributed by atoms with Crippen molar-refractivity contribution in [2.24, 2.45) is 0 Å². The van der Waals surface area contributed by atoms with Gasteiger partial charge in [-0.3, -0.25) is 0 Å². The fourth-order valence-corrected chi connectivity index (χ4v) is 3.92. The van der Waals surface area contributed by atoms with E-state index in [1.807, 2.05) is 24.0 Å². The maximum absolute atomic E-state index is 12.6. The van der Waals surface area contributed by atoms with Crippen LogP contribution in [-0.2, 0) is 6.42 Å². The van der Waals surface area contributed by atoms with Crippen molar-refractivity contribution < 1.29 is 4.79 Å². The van der Waals surface area contributed by atoms with Gasteiger partial charge in [-0.15, -0.1) is 0 Å². The normalized spacial score (nSPS) is 17.0. The fraction of sp³-hybridized carbons (Fsp3) is 0.500. The highest BCUT2D eigenvalue weighted by molar-refractivity contribution is 5.89. The molecule has 3 heterocycles. The smallest absolute Gasteiger partial charge is 0.321 e. The molecule has 1 aromatic heterocycles. The molecule has 0 atom stereocenters. The first-order valence-corrected chi connectivity index (χ1v) is 10.6. The lowest BCUT2D eigenvalue weighted by Crippen LogP contribution is -2.50. The topological polar surface area (TPSA) is 64.6 Å². The van der Waals surface area contributed by atoms with Crippen molar-refractivity contribution >= 4 is 23.5 Å². The third-order valence-electron chi connectivity index (χ3n) is 5.72. The van der Waals surface area contributed by atoms with Crippen LogP contribution in [-0.4, -0.2) is 60.2 Å². The first kappa shape index (κ1) is 19.5. The Morgan fingerprint density at radius 2 is 1.66 bits per heavy atom. The van der Waals surface area contributed by atoms with E-state index in [0.717, 1.165) is 55.7 Å². The highest BCUT2D eigenvalue weighted by Gasteiger charge is 2.24. The van der Waals surface area contributed by atoms with Crippen LogP contribution in [0.1, 0.15) is 31.0 Å². The highest BCUT2D eigenvalue weighted by atomic mass is 16.2. The number of rotatable bonds is 4. The lowest BCUT2D eigenvalue weighted by Gasteiger charge is -2.35. The molecule has 2 aliphatic heterocycles. The molecular formula is C22H30N6O. The summed E-state index contributed by atoms with van der Waals surface area (Å²) < 4.78 is 0. The van der Waals surface area contributed by atoms with Gasteiger partial charge in [0.2, 0.25) is 5.95 Å². The quantitative estimate of drug-likeness (QED) is 0.862. The van der Waals surface area contributed by atoms with E-state index < -0.39 is 0 Å². The lowest BCUT2D eigenvalue weighted by molar-refractivity contribution is 0.208. The molecule has 2 saturated heterocycles. The minimum Gasteiger partial charge on any atom is -0.356 e. The third-order valence-corrected chi connectivity index (χ3v) is 5.72. The van der Waals surface area contributed by atoms with Crippen LogP contribution in [0.15, 0.2) is 30.3 Å². The van der Waals surface area contributed by atoms with Crippen LogP contribution >= 0.6 is 0 Å². The predicted molar refractivity (Wildman–Crippen MR) is 117 cm³/mol. The summed E-state index contributed by atoms with van der Waals surface area (Å²) in [5, 5.41) is 3.00. The van der Waals surface area contributed by atoms with Crippen molar-refractivity contribution in [1.29, 1.82) is 0 Å². The minimum atomic E-state index is -0.0446. The average molecular weight is 395 g/mol. The van der Waals surface area contributed by atoms with Gasteiger partial charge >= 0.3 is 6.03 Å². The van der Waals surface area contributed by atoms with Crippen LogP contribution in [0.5, 0.6) is 0 Å². The molecule has 0 spiro atoms. The summed E-state index contributed by atoms with van der Waals surface area (Å²) in [6, 6.07) is 10.1. The summed E-state index contributed by atoms with van der Waals surface area (Å²) in [4.78, 5) is 28.5. The number of aryl methyl sites for hydroxylation is 2. The number of benzene rings is 1. The molecule has 2 amide bonds. The summed E-state index contributed by atoms with van der Waals surface area (Å²) >= 11 is 0. The number of amides is 2. The number of urea groups is 1. The Morgan fingerprint density at radius 1 is 0.966 bits per heavy atom. The zero-order valence-corrected chi connectivity index (χ0v) is 17.4. The van der Waals surface area contributed by atoms with E-state index in [1.165, 1.54) is 18.4 Å². The molecule has 7 nitrogen and oxygen atoms in total. The molecule has 0 saturated carbocycles. The summed E-state index contributed by atoms with van der Waals surface area (Å²) in [7, 11) is 0. The van der Waals surface area contributed by atoms with Gasteiger partial charge in [-0.2, -0.15) is 4.98 Å². The number of carbonyl (C=O) groups is 1. The summed E-state index contributed by atoms with van der Waals surface area (Å²) in [5.74, 6) is 1.81. The van der Waals surface area contributed by atoms with E-state index in [4.69, 9.17) is 4.98 Å². The molecule has 0 aliphatic carbocycles. The van der Waals surface area contributed by atoms with Crippen LogP contribution in [0.25, 0.3) is 0 Å². The second kappa shape index (κ2) is 8.68. The van der Waals surface area contributed by atoms with E-state index in [9.17, 15) is 4.79 Å². The summed E-state index contributed by atoms with van der Waals surface area (Å²) in [6.45, 7) is 9.10. The first-order valence-electron chi connectivity index (χ1n) is 10.6. The molecule has 1 aromatic carbocycles. The van der Waals surface area contributed by atoms with Crippen molar-refractivity contribution in [3.8, 4) is 0 Å². The zero-order valence-electron chi connectivity index (χ0n) is 17.4. The Labute approximate surface area is 172 Å². The molecule has 2 fully saturated rings. The third kappa shape index (κ3) is 4.60. The molecule has 0 radical (unpaired) electrons. The highest BCUT2D eigenvalue weighted by Crippen LogP contribution is 2.22. The van der Waals surface area contributed by atoms with Gasteiger partial charge in [0.1, 0.15) is 5.82 Å². The first-order chi connectivity index (χ1) is 14.1. The van der Waals surface area contributed by atoms with Gasteiger partial charge in [0, 0.05) is 56.7 Å². The predicted octanol–water partition coefficient (Wildman–Crippen LogP) is 3.30. The van der Waals surface area contributed by atoms with Crippen LogP contribution < -0.4 is 15.1 Å². The monoisotopic (exact) mass is 394 g/mol. The van der Waals surface area contributed by atoms with Crippen molar-refractivity contribution in [2.75, 3.05) is 54.4 Å². The SMILES string of the molecule is CCc1ccc(NC(=O)N2CCN(c3nc(C)cc(N4CCCC4)n3)CC2)cc1. The molecule has 4 rings (SSSR count). The average Bonchev–Trinajstić information content (AvgIpc) is 3.29. The number of aromatic nitrogens is 2. The van der Waals surface area contributed by atoms with Crippen molar-refractivity contribution in [3.05, 3.63) is 41.6 Å². The Hall–Kier alpha value is -2.83. The van der Waals surface area contributed by atoms with E-state index in [1.54, 1.807) is 0 Å². The van der Waals surface area contributed by atoms with Crippen molar-refractivity contribution in [3.63, 3.8) is 0 Å². The number of nitrogens with one attached hydrogen (secondary N) is 1. The Morgan fingerprint density at radius 3 is 2.31 bits per heavy atom. The van der Waals surface area contributed by atoms with Gasteiger partial charge in [-0.25, -0.2) is 9.78 Å². The molecule has 7 heteroatoms. The largest absolute Gasteiger partial charge is 0.356 e. The van der Waals surface area contributed by atoms with Gasteiger partial charge in [0.25, 0.3) is 0 Å². The Balaban J connectivity index is 1.35. The number of hydrogen-bond acceptors (Lipinski definition) is 5. The second-order valence-corrected chi connectivity index (χ2v) is 7.82. The second-order valence-electron chi connectivity index (χ2n) is 7.82. The van der Waals surface area contributed by atoms with E-state index in [2.05, 4.69) is 45.2 Å². The molecule has 2 aromatic rings. The number of anilines is 3. The minimum absolute atomic E-state index is 0.0446. The number of nitrogens with zero attached hydrogens (tertiary/aromatic N) is 5. The van der Waals surface area contributed by atoms with E-state index in [-0.39, 0.29) is 6.03 Å². The van der Waals surface area contributed by atoms with Gasteiger partial charge in [0.15, 0.2) is 0 Å². The molecule has 0 bridgehead atoms. The maximum atomic E-state index is 12.6. The van der Waals surface area contributed by atoms with E-state index in [0.29, 0.717) is 13.1 Å². The molecule has 1 N–H and O–H groups in total. The Kier molecular flexibility index (Phi) is 5.83. The molecule has 0 unspecified atom stereocenters.